The number of carbonyl (C=O) groups is 2. The zero-order chi connectivity index (χ0) is 12.3. The van der Waals surface area contributed by atoms with Crippen LogP contribution in [0.25, 0.3) is 0 Å². The summed E-state index contributed by atoms with van der Waals surface area (Å²) in [7, 11) is 0. The Morgan fingerprint density at radius 1 is 1.24 bits per heavy atom. The minimum Gasteiger partial charge on any atom is -0.459 e. The SMILES string of the molecule is C#CC(=O)N1CCN(C(=O)c2ccco2)CC1. The highest BCUT2D eigenvalue weighted by molar-refractivity contribution is 5.94. The summed E-state index contributed by atoms with van der Waals surface area (Å²) in [6.45, 7) is 1.89. The molecule has 1 fully saturated rings. The Bertz CT molecular complexity index is 451. The van der Waals surface area contributed by atoms with Gasteiger partial charge in [0.25, 0.3) is 11.8 Å². The zero-order valence-corrected chi connectivity index (χ0v) is 9.26. The molecular weight excluding hydrogens is 220 g/mol. The Kier molecular flexibility index (Phi) is 3.15. The molecule has 0 N–H and O–H groups in total. The van der Waals surface area contributed by atoms with E-state index in [2.05, 4.69) is 5.92 Å². The van der Waals surface area contributed by atoms with Crippen LogP contribution >= 0.6 is 0 Å². The second kappa shape index (κ2) is 4.74. The molecule has 88 valence electrons. The van der Waals surface area contributed by atoms with Gasteiger partial charge < -0.3 is 14.2 Å². The first-order valence-corrected chi connectivity index (χ1v) is 5.30. The molecule has 1 aromatic heterocycles. The van der Waals surface area contributed by atoms with Crippen LogP contribution in [0.15, 0.2) is 22.8 Å². The van der Waals surface area contributed by atoms with E-state index >= 15 is 0 Å². The van der Waals surface area contributed by atoms with E-state index in [4.69, 9.17) is 10.8 Å². The van der Waals surface area contributed by atoms with Crippen LogP contribution in [0.3, 0.4) is 0 Å². The van der Waals surface area contributed by atoms with Crippen molar-refractivity contribution in [2.45, 2.75) is 0 Å². The van der Waals surface area contributed by atoms with Gasteiger partial charge in [0, 0.05) is 26.2 Å². The second-order valence-electron chi connectivity index (χ2n) is 3.71. The van der Waals surface area contributed by atoms with Gasteiger partial charge in [0.05, 0.1) is 6.26 Å². The number of hydrogen-bond donors (Lipinski definition) is 0. The predicted octanol–water partition coefficient (Wildman–Crippen LogP) is 0.197. The Hall–Kier alpha value is -2.22. The summed E-state index contributed by atoms with van der Waals surface area (Å²) in [6, 6.07) is 3.30. The largest absolute Gasteiger partial charge is 0.459 e. The number of amides is 2. The van der Waals surface area contributed by atoms with Gasteiger partial charge in [-0.1, -0.05) is 0 Å². The van der Waals surface area contributed by atoms with Crippen molar-refractivity contribution < 1.29 is 14.0 Å². The van der Waals surface area contributed by atoms with Gasteiger partial charge in [0.15, 0.2) is 5.76 Å². The smallest absolute Gasteiger partial charge is 0.298 e. The average Bonchev–Trinajstić information content (AvgIpc) is 2.91. The molecule has 0 radical (unpaired) electrons. The van der Waals surface area contributed by atoms with Crippen LogP contribution in [0.1, 0.15) is 10.6 Å². The number of nitrogens with zero attached hydrogens (tertiary/aromatic N) is 2. The summed E-state index contributed by atoms with van der Waals surface area (Å²) in [6.07, 6.45) is 6.50. The molecule has 0 aromatic carbocycles. The molecule has 5 nitrogen and oxygen atoms in total. The first-order chi connectivity index (χ1) is 8.22. The highest BCUT2D eigenvalue weighted by Gasteiger charge is 2.25. The van der Waals surface area contributed by atoms with E-state index in [1.165, 1.54) is 6.26 Å². The van der Waals surface area contributed by atoms with Gasteiger partial charge in [0.2, 0.25) is 0 Å². The van der Waals surface area contributed by atoms with E-state index in [-0.39, 0.29) is 11.8 Å². The lowest BCUT2D eigenvalue weighted by molar-refractivity contribution is -0.126. The standard InChI is InChI=1S/C12H12N2O3/c1-2-11(15)13-5-7-14(8-6-13)12(16)10-4-3-9-17-10/h1,3-4,9H,5-8H2. The Labute approximate surface area is 99.0 Å². The minimum atomic E-state index is -0.324. The lowest BCUT2D eigenvalue weighted by Gasteiger charge is -2.33. The maximum atomic E-state index is 11.9. The van der Waals surface area contributed by atoms with Crippen molar-refractivity contribution in [3.05, 3.63) is 24.2 Å². The van der Waals surface area contributed by atoms with Gasteiger partial charge in [-0.2, -0.15) is 0 Å². The molecule has 1 aliphatic heterocycles. The highest BCUT2D eigenvalue weighted by atomic mass is 16.3. The molecule has 1 saturated heterocycles. The number of piperazine rings is 1. The van der Waals surface area contributed by atoms with Crippen LogP contribution in [0.4, 0.5) is 0 Å². The van der Waals surface area contributed by atoms with E-state index in [0.29, 0.717) is 31.9 Å². The maximum Gasteiger partial charge on any atom is 0.298 e. The van der Waals surface area contributed by atoms with Gasteiger partial charge in [-0.05, 0) is 18.1 Å². The summed E-state index contributed by atoms with van der Waals surface area (Å²) in [5.41, 5.74) is 0. The first kappa shape index (κ1) is 11.3. The van der Waals surface area contributed by atoms with E-state index < -0.39 is 0 Å². The molecule has 0 spiro atoms. The molecule has 5 heteroatoms. The van der Waals surface area contributed by atoms with Crippen LogP contribution in [0.2, 0.25) is 0 Å². The monoisotopic (exact) mass is 232 g/mol. The van der Waals surface area contributed by atoms with E-state index in [1.807, 2.05) is 0 Å². The molecule has 1 aliphatic rings. The predicted molar refractivity (Wildman–Crippen MR) is 60.0 cm³/mol. The van der Waals surface area contributed by atoms with Gasteiger partial charge in [0.1, 0.15) is 0 Å². The van der Waals surface area contributed by atoms with Crippen molar-refractivity contribution >= 4 is 11.8 Å². The Morgan fingerprint density at radius 2 is 1.88 bits per heavy atom. The van der Waals surface area contributed by atoms with Crippen LogP contribution in [-0.2, 0) is 4.79 Å². The molecule has 2 amide bonds. The van der Waals surface area contributed by atoms with Crippen molar-refractivity contribution in [3.8, 4) is 12.3 Å². The van der Waals surface area contributed by atoms with Crippen molar-refractivity contribution in [3.63, 3.8) is 0 Å². The Morgan fingerprint density at radius 3 is 2.41 bits per heavy atom. The van der Waals surface area contributed by atoms with E-state index in [0.717, 1.165) is 0 Å². The summed E-state index contributed by atoms with van der Waals surface area (Å²) in [5, 5.41) is 0. The molecule has 2 heterocycles. The van der Waals surface area contributed by atoms with Gasteiger partial charge >= 0.3 is 0 Å². The summed E-state index contributed by atoms with van der Waals surface area (Å²) in [4.78, 5) is 26.3. The molecule has 0 bridgehead atoms. The van der Waals surface area contributed by atoms with Crippen molar-refractivity contribution in [2.75, 3.05) is 26.2 Å². The molecule has 0 atom stereocenters. The molecular formula is C12H12N2O3. The number of carbonyl (C=O) groups excluding carboxylic acids is 2. The molecule has 2 rings (SSSR count). The van der Waals surface area contributed by atoms with E-state index in [1.54, 1.807) is 21.9 Å². The zero-order valence-electron chi connectivity index (χ0n) is 9.26. The first-order valence-electron chi connectivity index (χ1n) is 5.30. The second-order valence-corrected chi connectivity index (χ2v) is 3.71. The average molecular weight is 232 g/mol. The fourth-order valence-corrected chi connectivity index (χ4v) is 1.76. The fraction of sp³-hybridized carbons (Fsp3) is 0.333. The summed E-state index contributed by atoms with van der Waals surface area (Å²) >= 11 is 0. The normalized spacial score (nSPS) is 15.5. The van der Waals surface area contributed by atoms with Gasteiger partial charge in [-0.3, -0.25) is 9.59 Å². The van der Waals surface area contributed by atoms with Crippen molar-refractivity contribution in [1.29, 1.82) is 0 Å². The summed E-state index contributed by atoms with van der Waals surface area (Å²) in [5.74, 6) is 1.92. The highest BCUT2D eigenvalue weighted by Crippen LogP contribution is 2.09. The molecule has 0 saturated carbocycles. The van der Waals surface area contributed by atoms with E-state index in [9.17, 15) is 9.59 Å². The number of hydrogen-bond acceptors (Lipinski definition) is 3. The lowest BCUT2D eigenvalue weighted by Crippen LogP contribution is -2.50. The van der Waals surface area contributed by atoms with Crippen molar-refractivity contribution in [1.82, 2.24) is 9.80 Å². The van der Waals surface area contributed by atoms with Crippen molar-refractivity contribution in [2.24, 2.45) is 0 Å². The third-order valence-corrected chi connectivity index (χ3v) is 2.71. The number of terminal acetylenes is 1. The lowest BCUT2D eigenvalue weighted by atomic mass is 10.3. The number of furan rings is 1. The van der Waals surface area contributed by atoms with Gasteiger partial charge in [-0.15, -0.1) is 6.42 Å². The third-order valence-electron chi connectivity index (χ3n) is 2.71. The van der Waals surface area contributed by atoms with Gasteiger partial charge in [-0.25, -0.2) is 0 Å². The third kappa shape index (κ3) is 2.31. The number of rotatable bonds is 1. The minimum absolute atomic E-state index is 0.150. The maximum absolute atomic E-state index is 11.9. The molecule has 0 aliphatic carbocycles. The quantitative estimate of drug-likeness (QED) is 0.650. The molecule has 17 heavy (non-hydrogen) atoms. The topological polar surface area (TPSA) is 53.8 Å². The van der Waals surface area contributed by atoms with Crippen LogP contribution in [0, 0.1) is 12.3 Å². The fourth-order valence-electron chi connectivity index (χ4n) is 1.76. The molecule has 0 unspecified atom stereocenters. The summed E-state index contributed by atoms with van der Waals surface area (Å²) < 4.78 is 5.04. The van der Waals surface area contributed by atoms with Crippen LogP contribution in [-0.4, -0.2) is 47.8 Å². The Balaban J connectivity index is 1.94. The van der Waals surface area contributed by atoms with Crippen LogP contribution < -0.4 is 0 Å². The molecule has 1 aromatic rings. The van der Waals surface area contributed by atoms with Crippen LogP contribution in [0.5, 0.6) is 0 Å².